The maximum absolute atomic E-state index is 10.6. The minimum atomic E-state index is -0.965. The van der Waals surface area contributed by atoms with Crippen LogP contribution < -0.4 is 0 Å². The summed E-state index contributed by atoms with van der Waals surface area (Å²) in [5.74, 6) is -0.965. The van der Waals surface area contributed by atoms with Crippen molar-refractivity contribution in [3.63, 3.8) is 0 Å². The second kappa shape index (κ2) is 4.07. The number of carboxylic acids is 1. The first-order chi connectivity index (χ1) is 6.56. The summed E-state index contributed by atoms with van der Waals surface area (Å²) in [6.07, 6.45) is 0.667. The lowest BCUT2D eigenvalue weighted by molar-refractivity contribution is 0.0696. The Kier molecular flexibility index (Phi) is 3.04. The highest BCUT2D eigenvalue weighted by Gasteiger charge is 2.09. The van der Waals surface area contributed by atoms with Crippen LogP contribution in [-0.4, -0.2) is 16.2 Å². The first kappa shape index (κ1) is 10.5. The third kappa shape index (κ3) is 2.00. The van der Waals surface area contributed by atoms with Gasteiger partial charge >= 0.3 is 5.97 Å². The minimum Gasteiger partial charge on any atom is -0.478 e. The van der Waals surface area contributed by atoms with Crippen LogP contribution in [0, 0.1) is 6.92 Å². The van der Waals surface area contributed by atoms with Crippen LogP contribution in [0.3, 0.4) is 0 Å². The lowest BCUT2D eigenvalue weighted by Gasteiger charge is -2.09. The molecular weight excluding hydrogens is 180 g/mol. The number of benzene rings is 1. The van der Waals surface area contributed by atoms with Gasteiger partial charge in [0.25, 0.3) is 0 Å². The average molecular weight is 192 g/mol. The number of hydrogen-bond acceptors (Lipinski definition) is 2. The molecule has 0 aromatic heterocycles. The third-order valence-corrected chi connectivity index (χ3v) is 2.06. The average Bonchev–Trinajstić information content (AvgIpc) is 2.16. The van der Waals surface area contributed by atoms with Crippen molar-refractivity contribution in [2.45, 2.75) is 13.0 Å². The molecule has 0 heterocycles. The van der Waals surface area contributed by atoms with Gasteiger partial charge in [0.05, 0.1) is 11.7 Å². The van der Waals surface area contributed by atoms with E-state index in [1.807, 2.05) is 0 Å². The number of aromatic carboxylic acids is 1. The van der Waals surface area contributed by atoms with E-state index < -0.39 is 12.1 Å². The van der Waals surface area contributed by atoms with Crippen LogP contribution >= 0.6 is 0 Å². The summed E-state index contributed by atoms with van der Waals surface area (Å²) in [4.78, 5) is 10.6. The van der Waals surface area contributed by atoms with Gasteiger partial charge in [-0.25, -0.2) is 4.79 Å². The first-order valence-corrected chi connectivity index (χ1v) is 4.20. The van der Waals surface area contributed by atoms with E-state index >= 15 is 0 Å². The zero-order valence-corrected chi connectivity index (χ0v) is 7.90. The topological polar surface area (TPSA) is 57.5 Å². The molecule has 0 aliphatic heterocycles. The van der Waals surface area contributed by atoms with Crippen molar-refractivity contribution >= 4 is 5.97 Å². The fourth-order valence-electron chi connectivity index (χ4n) is 1.27. The fraction of sp³-hybridized carbons (Fsp3) is 0.182. The molecule has 74 valence electrons. The predicted octanol–water partition coefficient (Wildman–Crippen LogP) is 1.91. The smallest absolute Gasteiger partial charge is 0.335 e. The monoisotopic (exact) mass is 192 g/mol. The molecule has 3 heteroatoms. The summed E-state index contributed by atoms with van der Waals surface area (Å²) in [6, 6.07) is 4.60. The number of aliphatic hydroxyl groups excluding tert-OH is 1. The number of aryl methyl sites for hydroxylation is 1. The Morgan fingerprint density at radius 1 is 1.57 bits per heavy atom. The van der Waals surface area contributed by atoms with Crippen molar-refractivity contribution in [1.29, 1.82) is 0 Å². The molecule has 0 bridgehead atoms. The number of carboxylic acid groups (broad SMARTS) is 1. The van der Waals surface area contributed by atoms with Gasteiger partial charge in [-0.1, -0.05) is 12.1 Å². The van der Waals surface area contributed by atoms with Crippen LogP contribution in [0.4, 0.5) is 0 Å². The van der Waals surface area contributed by atoms with Crippen molar-refractivity contribution < 1.29 is 15.0 Å². The van der Waals surface area contributed by atoms with Crippen molar-refractivity contribution in [2.75, 3.05) is 0 Å². The predicted molar refractivity (Wildman–Crippen MR) is 53.3 cm³/mol. The number of aliphatic hydroxyl groups is 1. The van der Waals surface area contributed by atoms with Gasteiger partial charge in [-0.3, -0.25) is 0 Å². The highest BCUT2D eigenvalue weighted by atomic mass is 16.4. The third-order valence-electron chi connectivity index (χ3n) is 2.06. The van der Waals surface area contributed by atoms with Gasteiger partial charge < -0.3 is 10.2 Å². The molecule has 0 spiro atoms. The van der Waals surface area contributed by atoms with E-state index in [2.05, 4.69) is 6.58 Å². The first-order valence-electron chi connectivity index (χ1n) is 4.20. The second-order valence-electron chi connectivity index (χ2n) is 3.06. The van der Waals surface area contributed by atoms with Crippen molar-refractivity contribution in [3.05, 3.63) is 47.5 Å². The Bertz CT molecular complexity index is 369. The van der Waals surface area contributed by atoms with Gasteiger partial charge in [0.15, 0.2) is 0 Å². The van der Waals surface area contributed by atoms with E-state index in [0.717, 1.165) is 5.56 Å². The molecule has 0 saturated carbocycles. The second-order valence-corrected chi connectivity index (χ2v) is 3.06. The lowest BCUT2D eigenvalue weighted by Crippen LogP contribution is -2.01. The maximum atomic E-state index is 10.6. The number of carbonyl (C=O) groups is 1. The molecule has 0 aliphatic carbocycles. The number of hydrogen-bond donors (Lipinski definition) is 2. The molecule has 3 nitrogen and oxygen atoms in total. The molecule has 0 fully saturated rings. The molecule has 1 unspecified atom stereocenters. The quantitative estimate of drug-likeness (QED) is 0.719. The molecule has 1 aromatic carbocycles. The Balaban J connectivity index is 3.13. The van der Waals surface area contributed by atoms with Crippen molar-refractivity contribution in [3.8, 4) is 0 Å². The zero-order chi connectivity index (χ0) is 10.7. The van der Waals surface area contributed by atoms with Gasteiger partial charge in [0.2, 0.25) is 0 Å². The molecule has 1 rings (SSSR count). The summed E-state index contributed by atoms with van der Waals surface area (Å²) in [5.41, 5.74) is 1.66. The molecule has 2 N–H and O–H groups in total. The van der Waals surface area contributed by atoms with E-state index in [1.165, 1.54) is 18.2 Å². The van der Waals surface area contributed by atoms with Gasteiger partial charge in [-0.2, -0.15) is 0 Å². The number of rotatable bonds is 3. The fourth-order valence-corrected chi connectivity index (χ4v) is 1.27. The molecule has 14 heavy (non-hydrogen) atoms. The van der Waals surface area contributed by atoms with Crippen LogP contribution in [0.25, 0.3) is 0 Å². The lowest BCUT2D eigenvalue weighted by atomic mass is 10.0. The maximum Gasteiger partial charge on any atom is 0.335 e. The van der Waals surface area contributed by atoms with E-state index in [9.17, 15) is 9.90 Å². The summed E-state index contributed by atoms with van der Waals surface area (Å²) >= 11 is 0. The summed E-state index contributed by atoms with van der Waals surface area (Å²) < 4.78 is 0. The molecule has 0 aliphatic rings. The van der Waals surface area contributed by atoms with E-state index in [4.69, 9.17) is 5.11 Å². The SMILES string of the molecule is C=CC(O)c1ccc(C(=O)O)cc1C. The Morgan fingerprint density at radius 3 is 2.64 bits per heavy atom. The van der Waals surface area contributed by atoms with Crippen LogP contribution in [-0.2, 0) is 0 Å². The van der Waals surface area contributed by atoms with E-state index in [-0.39, 0.29) is 5.56 Å². The van der Waals surface area contributed by atoms with Crippen molar-refractivity contribution in [1.82, 2.24) is 0 Å². The molecule has 0 amide bonds. The van der Waals surface area contributed by atoms with Crippen LogP contribution in [0.1, 0.15) is 27.6 Å². The molecule has 0 radical (unpaired) electrons. The van der Waals surface area contributed by atoms with Crippen LogP contribution in [0.2, 0.25) is 0 Å². The Hall–Kier alpha value is -1.61. The van der Waals surface area contributed by atoms with Crippen LogP contribution in [0.15, 0.2) is 30.9 Å². The standard InChI is InChI=1S/C11H12O3/c1-3-10(12)9-5-4-8(11(13)14)6-7(9)2/h3-6,10,12H,1H2,2H3,(H,13,14). The molecule has 0 saturated heterocycles. The molecular formula is C11H12O3. The normalized spacial score (nSPS) is 12.1. The van der Waals surface area contributed by atoms with Crippen molar-refractivity contribution in [2.24, 2.45) is 0 Å². The van der Waals surface area contributed by atoms with Gasteiger partial charge in [-0.05, 0) is 30.2 Å². The highest BCUT2D eigenvalue weighted by Crippen LogP contribution is 2.19. The van der Waals surface area contributed by atoms with Gasteiger partial charge in [-0.15, -0.1) is 6.58 Å². The van der Waals surface area contributed by atoms with Gasteiger partial charge in [0.1, 0.15) is 0 Å². The largest absolute Gasteiger partial charge is 0.478 e. The highest BCUT2D eigenvalue weighted by molar-refractivity contribution is 5.87. The molecule has 1 aromatic rings. The minimum absolute atomic E-state index is 0.225. The Labute approximate surface area is 82.3 Å². The Morgan fingerprint density at radius 2 is 2.21 bits per heavy atom. The summed E-state index contributed by atoms with van der Waals surface area (Å²) in [5, 5.41) is 18.2. The van der Waals surface area contributed by atoms with E-state index in [0.29, 0.717) is 5.56 Å². The molecule has 1 atom stereocenters. The van der Waals surface area contributed by atoms with E-state index in [1.54, 1.807) is 13.0 Å². The zero-order valence-electron chi connectivity index (χ0n) is 7.90. The van der Waals surface area contributed by atoms with Gasteiger partial charge in [0, 0.05) is 0 Å². The summed E-state index contributed by atoms with van der Waals surface area (Å²) in [6.45, 7) is 5.23. The van der Waals surface area contributed by atoms with Crippen LogP contribution in [0.5, 0.6) is 0 Å². The summed E-state index contributed by atoms with van der Waals surface area (Å²) in [7, 11) is 0.